The Hall–Kier alpha value is -1.72. The van der Waals surface area contributed by atoms with Gasteiger partial charge in [0.05, 0.1) is 6.33 Å². The minimum atomic E-state index is -1.02. The summed E-state index contributed by atoms with van der Waals surface area (Å²) < 4.78 is 2.86. The van der Waals surface area contributed by atoms with Crippen molar-refractivity contribution in [2.24, 2.45) is 14.1 Å². The Morgan fingerprint density at radius 2 is 1.92 bits per heavy atom. The molecule has 0 saturated heterocycles. The van der Waals surface area contributed by atoms with Crippen molar-refractivity contribution in [2.75, 3.05) is 0 Å². The molecule has 2 aromatic heterocycles. The monoisotopic (exact) mass is 356 g/mol. The van der Waals surface area contributed by atoms with Crippen LogP contribution in [0.2, 0.25) is 0 Å². The Balaban J connectivity index is 0.00000156. The summed E-state index contributed by atoms with van der Waals surface area (Å²) in [6.07, 6.45) is 1.38. The molecule has 0 aliphatic carbocycles. The van der Waals surface area contributed by atoms with Crippen LogP contribution >= 0.6 is 0 Å². The van der Waals surface area contributed by atoms with E-state index in [2.05, 4.69) is 4.98 Å². The van der Waals surface area contributed by atoms with Gasteiger partial charge in [0.2, 0.25) is 0 Å². The zero-order chi connectivity index (χ0) is 16.7. The molecule has 0 bridgehead atoms. The predicted molar refractivity (Wildman–Crippen MR) is 80.3 cm³/mol. The van der Waals surface area contributed by atoms with Crippen LogP contribution in [-0.4, -0.2) is 29.9 Å². The number of para-hydroxylation sites is 1. The first-order chi connectivity index (χ1) is 10.9. The number of aryl methyl sites for hydroxylation is 2. The molecule has 0 unspecified atom stereocenters. The summed E-state index contributed by atoms with van der Waals surface area (Å²) in [5.41, 5.74) is -1.54. The number of aromatic hydroxyl groups is 1. The first-order valence-electron chi connectivity index (χ1n) is 6.55. The third kappa shape index (κ3) is 2.98. The van der Waals surface area contributed by atoms with E-state index in [1.54, 1.807) is 7.05 Å². The molecule has 0 amide bonds. The number of fused-ring (bicyclic) bond motifs is 1. The molecule has 9 nitrogen and oxygen atoms in total. The molecule has 0 fully saturated rings. The number of nitrogens with zero attached hydrogens (tertiary/aromatic N) is 4. The molecule has 0 aliphatic heterocycles. The average molecular weight is 356 g/mol. The van der Waals surface area contributed by atoms with Gasteiger partial charge in [-0.25, -0.2) is 14.6 Å². The van der Waals surface area contributed by atoms with Gasteiger partial charge in [0, 0.05) is 14.1 Å². The van der Waals surface area contributed by atoms with Crippen LogP contribution in [0, 0.1) is 0 Å². The molecule has 10 heteroatoms. The topological polar surface area (TPSA) is 108 Å². The molecule has 120 valence electrons. The van der Waals surface area contributed by atoms with Gasteiger partial charge in [-0.2, -0.15) is 0 Å². The van der Waals surface area contributed by atoms with Crippen molar-refractivity contribution in [3.05, 3.63) is 57.0 Å². The van der Waals surface area contributed by atoms with E-state index in [0.717, 1.165) is 4.57 Å². The van der Waals surface area contributed by atoms with Gasteiger partial charge in [-0.05, 0) is 12.1 Å². The standard InChI is InChI=1S/C14H12N4O5.K.H/c1-16-7-15-11-10(16)12(20)18(14(22)17(11)2)23-13(21)8-5-3-4-6-9(8)19;;/h3-7,19H,1-2H3;;/q;+1;-1. The molecule has 0 saturated carbocycles. The molecular weight excluding hydrogens is 343 g/mol. The van der Waals surface area contributed by atoms with Crippen molar-refractivity contribution in [1.29, 1.82) is 0 Å². The predicted octanol–water partition coefficient (Wildman–Crippen LogP) is -3.48. The van der Waals surface area contributed by atoms with Crippen LogP contribution < -0.4 is 67.5 Å². The van der Waals surface area contributed by atoms with Gasteiger partial charge in [0.15, 0.2) is 11.2 Å². The second-order valence-corrected chi connectivity index (χ2v) is 4.86. The first kappa shape index (κ1) is 18.6. The zero-order valence-corrected chi connectivity index (χ0v) is 16.4. The number of carbonyl (C=O) groups excluding carboxylic acids is 1. The molecule has 0 spiro atoms. The SMILES string of the molecule is Cn1cnc2c1c(=O)n(OC(=O)c1ccccc1O)c(=O)n2C.[H-].[K+]. The molecule has 0 aliphatic rings. The fourth-order valence-corrected chi connectivity index (χ4v) is 2.18. The van der Waals surface area contributed by atoms with E-state index >= 15 is 0 Å². The van der Waals surface area contributed by atoms with Crippen molar-refractivity contribution < 1.29 is 67.5 Å². The first-order valence-corrected chi connectivity index (χ1v) is 6.55. The number of benzene rings is 1. The number of imidazole rings is 1. The van der Waals surface area contributed by atoms with Gasteiger partial charge < -0.3 is 15.9 Å². The third-order valence-corrected chi connectivity index (χ3v) is 3.38. The Morgan fingerprint density at radius 1 is 1.25 bits per heavy atom. The minimum Gasteiger partial charge on any atom is -1.00 e. The smallest absolute Gasteiger partial charge is 1.00 e. The maximum Gasteiger partial charge on any atom is 1.00 e. The van der Waals surface area contributed by atoms with Crippen LogP contribution in [0.5, 0.6) is 5.75 Å². The zero-order valence-electron chi connectivity index (χ0n) is 14.3. The number of hydrogen-bond donors (Lipinski definition) is 1. The van der Waals surface area contributed by atoms with E-state index in [9.17, 15) is 19.5 Å². The molecule has 3 rings (SSSR count). The van der Waals surface area contributed by atoms with Gasteiger partial charge >= 0.3 is 68.6 Å². The summed E-state index contributed by atoms with van der Waals surface area (Å²) in [6, 6.07) is 5.65. The Bertz CT molecular complexity index is 1060. The molecule has 0 radical (unpaired) electrons. The van der Waals surface area contributed by atoms with Gasteiger partial charge in [0.25, 0.3) is 0 Å². The molecular formula is C14H13KN4O5. The maximum absolute atomic E-state index is 12.4. The molecule has 24 heavy (non-hydrogen) atoms. The summed E-state index contributed by atoms with van der Waals surface area (Å²) >= 11 is 0. The summed E-state index contributed by atoms with van der Waals surface area (Å²) in [5.74, 6) is -1.34. The number of phenolic OH excluding ortho intramolecular Hbond substituents is 1. The Kier molecular flexibility index (Phi) is 5.45. The van der Waals surface area contributed by atoms with Crippen molar-refractivity contribution in [1.82, 2.24) is 18.8 Å². The molecule has 3 aromatic rings. The summed E-state index contributed by atoms with van der Waals surface area (Å²) in [7, 11) is 2.98. The summed E-state index contributed by atoms with van der Waals surface area (Å²) in [4.78, 5) is 45.5. The van der Waals surface area contributed by atoms with Crippen molar-refractivity contribution in [2.45, 2.75) is 0 Å². The van der Waals surface area contributed by atoms with Crippen molar-refractivity contribution >= 4 is 17.1 Å². The largest absolute Gasteiger partial charge is 1.00 e. The van der Waals surface area contributed by atoms with Gasteiger partial charge in [-0.3, -0.25) is 9.36 Å². The van der Waals surface area contributed by atoms with Gasteiger partial charge in [0.1, 0.15) is 11.3 Å². The summed E-state index contributed by atoms with van der Waals surface area (Å²) in [5, 5.41) is 9.65. The van der Waals surface area contributed by atoms with E-state index in [0.29, 0.717) is 4.73 Å². The van der Waals surface area contributed by atoms with E-state index in [1.165, 1.54) is 42.2 Å². The second-order valence-electron chi connectivity index (χ2n) is 4.86. The number of rotatable bonds is 2. The van der Waals surface area contributed by atoms with Crippen molar-refractivity contribution in [3.8, 4) is 5.75 Å². The fraction of sp³-hybridized carbons (Fsp3) is 0.143. The van der Waals surface area contributed by atoms with Gasteiger partial charge in [-0.1, -0.05) is 16.9 Å². The number of carbonyl (C=O) groups is 1. The fourth-order valence-electron chi connectivity index (χ4n) is 2.18. The van der Waals surface area contributed by atoms with Crippen LogP contribution in [0.1, 0.15) is 11.8 Å². The minimum absolute atomic E-state index is 0. The number of aromatic nitrogens is 4. The normalized spacial score (nSPS) is 10.4. The van der Waals surface area contributed by atoms with Crippen LogP contribution in [0.15, 0.2) is 40.2 Å². The van der Waals surface area contributed by atoms with Crippen LogP contribution in [0.4, 0.5) is 0 Å². The van der Waals surface area contributed by atoms with Crippen LogP contribution in [0.3, 0.4) is 0 Å². The van der Waals surface area contributed by atoms with Crippen LogP contribution in [-0.2, 0) is 14.1 Å². The summed E-state index contributed by atoms with van der Waals surface area (Å²) in [6.45, 7) is 0. The second kappa shape index (κ2) is 7.03. The molecule has 1 aromatic carbocycles. The van der Waals surface area contributed by atoms with E-state index in [1.807, 2.05) is 0 Å². The van der Waals surface area contributed by atoms with E-state index in [-0.39, 0.29) is 75.3 Å². The number of phenols is 1. The molecule has 2 heterocycles. The van der Waals surface area contributed by atoms with Crippen LogP contribution in [0.25, 0.3) is 11.2 Å². The Morgan fingerprint density at radius 3 is 2.58 bits per heavy atom. The third-order valence-electron chi connectivity index (χ3n) is 3.38. The molecule has 0 atom stereocenters. The maximum atomic E-state index is 12.4. The number of hydrogen-bond acceptors (Lipinski definition) is 6. The van der Waals surface area contributed by atoms with Crippen molar-refractivity contribution in [3.63, 3.8) is 0 Å². The average Bonchev–Trinajstić information content (AvgIpc) is 2.91. The Labute approximate surface area is 179 Å². The quantitative estimate of drug-likeness (QED) is 0.478. The van der Waals surface area contributed by atoms with E-state index in [4.69, 9.17) is 4.84 Å². The van der Waals surface area contributed by atoms with Gasteiger partial charge in [-0.15, -0.1) is 0 Å². The van der Waals surface area contributed by atoms with E-state index < -0.39 is 17.2 Å². The molecule has 1 N–H and O–H groups in total.